The first-order valence-electron chi connectivity index (χ1n) is 9.47. The van der Waals surface area contributed by atoms with Gasteiger partial charge in [0.2, 0.25) is 0 Å². The van der Waals surface area contributed by atoms with E-state index in [1.54, 1.807) is 7.11 Å². The summed E-state index contributed by atoms with van der Waals surface area (Å²) in [4.78, 5) is 4.78. The number of allylic oxidation sites excluding steroid dienone is 2. The Morgan fingerprint density at radius 2 is 1.73 bits per heavy atom. The minimum atomic E-state index is 0.877. The molecule has 0 fully saturated rings. The number of unbranched alkanes of at least 4 members (excludes halogenated alkanes) is 2. The van der Waals surface area contributed by atoms with E-state index in [4.69, 9.17) is 9.73 Å². The van der Waals surface area contributed by atoms with E-state index in [2.05, 4.69) is 61.5 Å². The van der Waals surface area contributed by atoms with Crippen LogP contribution in [0.2, 0.25) is 0 Å². The molecule has 0 saturated carbocycles. The van der Waals surface area contributed by atoms with Crippen LogP contribution in [0.25, 0.3) is 11.8 Å². The summed E-state index contributed by atoms with van der Waals surface area (Å²) in [6.07, 6.45) is 12.3. The van der Waals surface area contributed by atoms with E-state index in [0.717, 1.165) is 29.1 Å². The number of aryl methyl sites for hydroxylation is 1. The summed E-state index contributed by atoms with van der Waals surface area (Å²) in [5.41, 5.74) is 5.96. The second-order valence-electron chi connectivity index (χ2n) is 6.66. The molecule has 0 spiro atoms. The van der Waals surface area contributed by atoms with Crippen molar-refractivity contribution in [2.75, 3.05) is 7.11 Å². The summed E-state index contributed by atoms with van der Waals surface area (Å²) < 4.78 is 5.19. The first kappa shape index (κ1) is 18.2. The normalized spacial score (nSPS) is 13.8. The Bertz CT molecular complexity index is 795. The first-order chi connectivity index (χ1) is 12.8. The molecule has 0 aromatic heterocycles. The van der Waals surface area contributed by atoms with Crippen LogP contribution in [-0.2, 0) is 6.42 Å². The highest BCUT2D eigenvalue weighted by Crippen LogP contribution is 2.24. The molecule has 1 heterocycles. The Balaban J connectivity index is 1.60. The molecule has 1 aliphatic heterocycles. The number of ether oxygens (including phenoxy) is 1. The number of hydrogen-bond donors (Lipinski definition) is 0. The second-order valence-corrected chi connectivity index (χ2v) is 6.66. The molecular weight excluding hydrogens is 318 g/mol. The fourth-order valence-electron chi connectivity index (χ4n) is 3.06. The highest BCUT2D eigenvalue weighted by Gasteiger charge is 2.08. The Morgan fingerprint density at radius 1 is 0.962 bits per heavy atom. The van der Waals surface area contributed by atoms with Gasteiger partial charge in [0.05, 0.1) is 12.8 Å². The van der Waals surface area contributed by atoms with E-state index in [1.165, 1.54) is 36.8 Å². The minimum absolute atomic E-state index is 0.877. The van der Waals surface area contributed by atoms with Gasteiger partial charge in [0, 0.05) is 12.1 Å². The van der Waals surface area contributed by atoms with Crippen molar-refractivity contribution in [1.29, 1.82) is 0 Å². The van der Waals surface area contributed by atoms with Crippen LogP contribution in [0.3, 0.4) is 0 Å². The van der Waals surface area contributed by atoms with Gasteiger partial charge in [-0.1, -0.05) is 68.3 Å². The maximum Gasteiger partial charge on any atom is 0.118 e. The smallest absolute Gasteiger partial charge is 0.118 e. The van der Waals surface area contributed by atoms with Crippen molar-refractivity contribution in [2.45, 2.75) is 39.0 Å². The predicted octanol–water partition coefficient (Wildman–Crippen LogP) is 6.33. The zero-order chi connectivity index (χ0) is 18.2. The Kier molecular flexibility index (Phi) is 6.43. The summed E-state index contributed by atoms with van der Waals surface area (Å²) >= 11 is 0. The van der Waals surface area contributed by atoms with Crippen molar-refractivity contribution in [3.63, 3.8) is 0 Å². The maximum atomic E-state index is 5.19. The summed E-state index contributed by atoms with van der Waals surface area (Å²) in [6.45, 7) is 2.24. The Labute approximate surface area is 156 Å². The molecule has 0 radical (unpaired) electrons. The van der Waals surface area contributed by atoms with Crippen LogP contribution in [0.1, 0.15) is 49.3 Å². The fraction of sp³-hybridized carbons (Fsp3) is 0.292. The van der Waals surface area contributed by atoms with E-state index in [1.807, 2.05) is 12.1 Å². The van der Waals surface area contributed by atoms with Crippen molar-refractivity contribution >= 4 is 17.5 Å². The number of rotatable bonds is 8. The highest BCUT2D eigenvalue weighted by molar-refractivity contribution is 6.05. The number of hydrogen-bond acceptors (Lipinski definition) is 2. The van der Waals surface area contributed by atoms with Gasteiger partial charge in [-0.25, -0.2) is 0 Å². The van der Waals surface area contributed by atoms with Crippen molar-refractivity contribution in [3.8, 4) is 5.75 Å². The summed E-state index contributed by atoms with van der Waals surface area (Å²) in [7, 11) is 1.68. The van der Waals surface area contributed by atoms with E-state index < -0.39 is 0 Å². The zero-order valence-electron chi connectivity index (χ0n) is 15.7. The third-order valence-corrected chi connectivity index (χ3v) is 4.67. The molecule has 0 saturated heterocycles. The molecule has 0 bridgehead atoms. The average molecular weight is 345 g/mol. The lowest BCUT2D eigenvalue weighted by Crippen LogP contribution is -1.87. The van der Waals surface area contributed by atoms with Gasteiger partial charge in [0.15, 0.2) is 0 Å². The van der Waals surface area contributed by atoms with Crippen LogP contribution in [0, 0.1) is 0 Å². The molecule has 0 amide bonds. The average Bonchev–Trinajstić information content (AvgIpc) is 3.16. The number of aliphatic imine (C=N–C) groups is 1. The van der Waals surface area contributed by atoms with Crippen molar-refractivity contribution in [3.05, 3.63) is 77.4 Å². The molecular formula is C24H27NO. The molecule has 26 heavy (non-hydrogen) atoms. The Morgan fingerprint density at radius 3 is 2.42 bits per heavy atom. The molecule has 134 valence electrons. The third-order valence-electron chi connectivity index (χ3n) is 4.67. The van der Waals surface area contributed by atoms with Crippen LogP contribution < -0.4 is 4.74 Å². The van der Waals surface area contributed by atoms with Crippen LogP contribution in [0.5, 0.6) is 5.75 Å². The van der Waals surface area contributed by atoms with Gasteiger partial charge in [0.25, 0.3) is 0 Å². The molecule has 2 aromatic rings. The lowest BCUT2D eigenvalue weighted by Gasteiger charge is -2.03. The standard InChI is InChI=1S/C24H27NO/c1-3-4-5-6-19-7-12-21(13-8-19)24-18-15-22(25-24)14-9-20-10-16-23(26-2)17-11-20/h7-14,16-18H,3-6,15H2,1-2H3/b14-9+. The second kappa shape index (κ2) is 9.19. The highest BCUT2D eigenvalue weighted by atomic mass is 16.5. The van der Waals surface area contributed by atoms with E-state index in [-0.39, 0.29) is 0 Å². The molecule has 0 unspecified atom stereocenters. The summed E-state index contributed by atoms with van der Waals surface area (Å²) in [5.74, 6) is 0.877. The molecule has 2 nitrogen and oxygen atoms in total. The number of benzene rings is 2. The lowest BCUT2D eigenvalue weighted by atomic mass is 10.0. The van der Waals surface area contributed by atoms with Crippen molar-refractivity contribution < 1.29 is 4.74 Å². The molecule has 0 aliphatic carbocycles. The van der Waals surface area contributed by atoms with Crippen molar-refractivity contribution in [1.82, 2.24) is 0 Å². The van der Waals surface area contributed by atoms with Crippen LogP contribution in [-0.4, -0.2) is 12.8 Å². The van der Waals surface area contributed by atoms with E-state index in [0.29, 0.717) is 0 Å². The maximum absolute atomic E-state index is 5.19. The van der Waals surface area contributed by atoms with Crippen LogP contribution >= 0.6 is 0 Å². The molecule has 2 heteroatoms. The van der Waals surface area contributed by atoms with E-state index in [9.17, 15) is 0 Å². The predicted molar refractivity (Wildman–Crippen MR) is 112 cm³/mol. The van der Waals surface area contributed by atoms with Crippen LogP contribution in [0.15, 0.2) is 65.7 Å². The van der Waals surface area contributed by atoms with Gasteiger partial charge >= 0.3 is 0 Å². The summed E-state index contributed by atoms with van der Waals surface area (Å²) in [5, 5.41) is 0. The van der Waals surface area contributed by atoms with Crippen LogP contribution in [0.4, 0.5) is 0 Å². The minimum Gasteiger partial charge on any atom is -0.497 e. The van der Waals surface area contributed by atoms with Gasteiger partial charge in [-0.2, -0.15) is 0 Å². The topological polar surface area (TPSA) is 21.6 Å². The molecule has 0 N–H and O–H groups in total. The fourth-order valence-corrected chi connectivity index (χ4v) is 3.06. The largest absolute Gasteiger partial charge is 0.497 e. The molecule has 0 atom stereocenters. The monoisotopic (exact) mass is 345 g/mol. The quantitative estimate of drug-likeness (QED) is 0.512. The van der Waals surface area contributed by atoms with Gasteiger partial charge in [-0.05, 0) is 47.7 Å². The van der Waals surface area contributed by atoms with E-state index >= 15 is 0 Å². The van der Waals surface area contributed by atoms with Gasteiger partial charge in [0.1, 0.15) is 5.75 Å². The number of methoxy groups -OCH3 is 1. The first-order valence-corrected chi connectivity index (χ1v) is 9.47. The molecule has 1 aliphatic rings. The molecule has 3 rings (SSSR count). The number of nitrogens with zero attached hydrogens (tertiary/aromatic N) is 1. The van der Waals surface area contributed by atoms with Gasteiger partial charge < -0.3 is 4.74 Å². The SMILES string of the molecule is CCCCCc1ccc(C2=CCC(/C=C/c3ccc(OC)cc3)=N2)cc1. The molecule has 2 aromatic carbocycles. The summed E-state index contributed by atoms with van der Waals surface area (Å²) in [6, 6.07) is 16.9. The zero-order valence-corrected chi connectivity index (χ0v) is 15.7. The van der Waals surface area contributed by atoms with Crippen molar-refractivity contribution in [2.24, 2.45) is 4.99 Å². The van der Waals surface area contributed by atoms with Gasteiger partial charge in [-0.15, -0.1) is 0 Å². The Hall–Kier alpha value is -2.61. The lowest BCUT2D eigenvalue weighted by molar-refractivity contribution is 0.415. The third kappa shape index (κ3) is 4.95. The van der Waals surface area contributed by atoms with Gasteiger partial charge in [-0.3, -0.25) is 4.99 Å².